The third-order valence-electron chi connectivity index (χ3n) is 4.31. The fraction of sp³-hybridized carbons (Fsp3) is 0.150. The van der Waals surface area contributed by atoms with Crippen LogP contribution in [0.25, 0.3) is 5.76 Å². The van der Waals surface area contributed by atoms with Gasteiger partial charge in [-0.2, -0.15) is 0 Å². The minimum absolute atomic E-state index is 0.0344. The molecular formula is C20H15NO7. The molecule has 8 nitrogen and oxygen atoms in total. The van der Waals surface area contributed by atoms with E-state index in [0.29, 0.717) is 33.9 Å². The van der Waals surface area contributed by atoms with Gasteiger partial charge >= 0.3 is 11.9 Å². The molecule has 0 radical (unpaired) electrons. The second-order valence-corrected chi connectivity index (χ2v) is 5.83. The van der Waals surface area contributed by atoms with E-state index in [1.807, 2.05) is 0 Å². The van der Waals surface area contributed by atoms with E-state index in [2.05, 4.69) is 4.99 Å². The molecule has 0 fully saturated rings. The maximum Gasteiger partial charge on any atom is 0.367 e. The first-order valence-corrected chi connectivity index (χ1v) is 8.24. The molecule has 0 N–H and O–H groups in total. The largest absolute Gasteiger partial charge is 0.493 e. The summed E-state index contributed by atoms with van der Waals surface area (Å²) in [5.74, 6) is 0.0189. The summed E-state index contributed by atoms with van der Waals surface area (Å²) in [5, 5.41) is 0. The van der Waals surface area contributed by atoms with Crippen LogP contribution in [0, 0.1) is 0 Å². The van der Waals surface area contributed by atoms with Gasteiger partial charge < -0.3 is 23.7 Å². The van der Waals surface area contributed by atoms with Crippen LogP contribution in [0.15, 0.2) is 47.1 Å². The summed E-state index contributed by atoms with van der Waals surface area (Å²) in [6.45, 7) is 0. The van der Waals surface area contributed by atoms with Crippen molar-refractivity contribution in [1.82, 2.24) is 0 Å². The summed E-state index contributed by atoms with van der Waals surface area (Å²) in [7, 11) is 4.44. The third kappa shape index (κ3) is 2.66. The Morgan fingerprint density at radius 1 is 0.821 bits per heavy atom. The number of carbonyl (C=O) groups excluding carboxylic acids is 2. The van der Waals surface area contributed by atoms with Gasteiger partial charge in [-0.3, -0.25) is 0 Å². The van der Waals surface area contributed by atoms with Crippen molar-refractivity contribution in [1.29, 1.82) is 0 Å². The van der Waals surface area contributed by atoms with Crippen LogP contribution in [0.3, 0.4) is 0 Å². The fourth-order valence-electron chi connectivity index (χ4n) is 3.02. The van der Waals surface area contributed by atoms with E-state index in [1.54, 1.807) is 36.4 Å². The van der Waals surface area contributed by atoms with Crippen molar-refractivity contribution >= 4 is 23.6 Å². The monoisotopic (exact) mass is 381 g/mol. The van der Waals surface area contributed by atoms with Crippen LogP contribution >= 0.6 is 0 Å². The molecule has 2 aromatic carbocycles. The summed E-state index contributed by atoms with van der Waals surface area (Å²) in [5.41, 5.74) is 1.22. The first-order valence-electron chi connectivity index (χ1n) is 8.24. The number of rotatable bonds is 4. The predicted octanol–water partition coefficient (Wildman–Crippen LogP) is 2.56. The maximum absolute atomic E-state index is 12.4. The topological polar surface area (TPSA) is 92.7 Å². The minimum Gasteiger partial charge on any atom is -0.493 e. The molecule has 0 spiro atoms. The Bertz CT molecular complexity index is 1040. The van der Waals surface area contributed by atoms with Crippen molar-refractivity contribution < 1.29 is 33.3 Å². The highest BCUT2D eigenvalue weighted by molar-refractivity contribution is 6.16. The molecule has 4 rings (SSSR count). The van der Waals surface area contributed by atoms with Gasteiger partial charge in [-0.25, -0.2) is 14.6 Å². The van der Waals surface area contributed by atoms with E-state index >= 15 is 0 Å². The number of benzene rings is 2. The minimum atomic E-state index is -0.719. The normalized spacial score (nSPS) is 17.6. The average Bonchev–Trinajstić information content (AvgIpc) is 3.27. The van der Waals surface area contributed by atoms with Crippen LogP contribution in [-0.4, -0.2) is 39.2 Å². The van der Waals surface area contributed by atoms with Gasteiger partial charge in [0.15, 0.2) is 23.0 Å². The molecule has 28 heavy (non-hydrogen) atoms. The van der Waals surface area contributed by atoms with E-state index in [0.717, 1.165) is 0 Å². The first-order chi connectivity index (χ1) is 13.6. The summed E-state index contributed by atoms with van der Waals surface area (Å²) in [6, 6.07) is 9.97. The molecule has 0 saturated carbocycles. The highest BCUT2D eigenvalue weighted by atomic mass is 16.6. The number of fused-ring (bicyclic) bond motifs is 1. The Morgan fingerprint density at radius 3 is 2.07 bits per heavy atom. The number of nitrogens with zero attached hydrogens (tertiary/aromatic N) is 1. The lowest BCUT2D eigenvalue weighted by Gasteiger charge is -2.13. The lowest BCUT2D eigenvalue weighted by molar-refractivity contribution is -0.130. The Hall–Kier alpha value is -3.81. The van der Waals surface area contributed by atoms with Gasteiger partial charge in [0, 0.05) is 11.1 Å². The maximum atomic E-state index is 12.4. The number of esters is 2. The molecule has 0 bridgehead atoms. The molecule has 0 atom stereocenters. The van der Waals surface area contributed by atoms with Crippen LogP contribution in [0.1, 0.15) is 21.5 Å². The van der Waals surface area contributed by atoms with E-state index in [9.17, 15) is 9.59 Å². The lowest BCUT2D eigenvalue weighted by Crippen LogP contribution is -2.07. The molecule has 0 saturated heterocycles. The zero-order chi connectivity index (χ0) is 19.8. The second kappa shape index (κ2) is 6.73. The number of aliphatic imine (C=N–C) groups is 1. The van der Waals surface area contributed by atoms with Crippen molar-refractivity contribution in [3.8, 4) is 17.2 Å². The fourth-order valence-corrected chi connectivity index (χ4v) is 3.02. The summed E-state index contributed by atoms with van der Waals surface area (Å²) in [6.07, 6.45) is 0. The molecule has 8 heteroatoms. The Labute approximate surface area is 159 Å². The quantitative estimate of drug-likeness (QED) is 0.594. The molecule has 0 aliphatic carbocycles. The standard InChI is InChI=1S/C20H15NO7/c1-24-13-8-10(9-14(25-2)17(13)26-3)18-21-15(20(23)28-18)16-11-6-4-5-7-12(11)19(22)27-16/h4-9H,1-3H3/b16-15+. The van der Waals surface area contributed by atoms with Crippen molar-refractivity contribution in [3.63, 3.8) is 0 Å². The number of hydrogen-bond donors (Lipinski definition) is 0. The molecule has 0 unspecified atom stereocenters. The Kier molecular flexibility index (Phi) is 4.23. The Balaban J connectivity index is 1.83. The van der Waals surface area contributed by atoms with Crippen molar-refractivity contribution in [2.75, 3.05) is 21.3 Å². The molecule has 2 aliphatic heterocycles. The summed E-state index contributed by atoms with van der Waals surface area (Å²) >= 11 is 0. The highest BCUT2D eigenvalue weighted by Crippen LogP contribution is 2.40. The number of hydrogen-bond acceptors (Lipinski definition) is 8. The predicted molar refractivity (Wildman–Crippen MR) is 97.5 cm³/mol. The molecule has 0 amide bonds. The molecule has 2 aromatic rings. The summed E-state index contributed by atoms with van der Waals surface area (Å²) < 4.78 is 26.5. The molecule has 0 aromatic heterocycles. The van der Waals surface area contributed by atoms with Gasteiger partial charge in [-0.05, 0) is 18.2 Å². The van der Waals surface area contributed by atoms with Crippen LogP contribution in [-0.2, 0) is 14.3 Å². The van der Waals surface area contributed by atoms with Crippen molar-refractivity contribution in [3.05, 3.63) is 58.8 Å². The smallest absolute Gasteiger partial charge is 0.367 e. The third-order valence-corrected chi connectivity index (χ3v) is 4.31. The number of carbonyl (C=O) groups is 2. The zero-order valence-electron chi connectivity index (χ0n) is 15.3. The SMILES string of the molecule is COc1cc(C2=N/C(=C3/OC(=O)c4ccccc43)C(=O)O2)cc(OC)c1OC. The van der Waals surface area contributed by atoms with Gasteiger partial charge in [0.1, 0.15) is 0 Å². The van der Waals surface area contributed by atoms with E-state index in [-0.39, 0.29) is 17.4 Å². The molecular weight excluding hydrogens is 366 g/mol. The van der Waals surface area contributed by atoms with Gasteiger partial charge in [0.25, 0.3) is 0 Å². The first kappa shape index (κ1) is 17.6. The average molecular weight is 381 g/mol. The molecule has 2 aliphatic rings. The van der Waals surface area contributed by atoms with E-state index in [1.165, 1.54) is 21.3 Å². The van der Waals surface area contributed by atoms with Gasteiger partial charge in [0.2, 0.25) is 11.6 Å². The number of cyclic esters (lactones) is 2. The second-order valence-electron chi connectivity index (χ2n) is 5.83. The van der Waals surface area contributed by atoms with Crippen LogP contribution in [0.2, 0.25) is 0 Å². The van der Waals surface area contributed by atoms with Crippen molar-refractivity contribution in [2.24, 2.45) is 4.99 Å². The van der Waals surface area contributed by atoms with Crippen LogP contribution in [0.5, 0.6) is 17.2 Å². The Morgan fingerprint density at radius 2 is 1.46 bits per heavy atom. The van der Waals surface area contributed by atoms with Crippen LogP contribution < -0.4 is 14.2 Å². The summed E-state index contributed by atoms with van der Waals surface area (Å²) in [4.78, 5) is 28.7. The zero-order valence-corrected chi connectivity index (χ0v) is 15.3. The highest BCUT2D eigenvalue weighted by Gasteiger charge is 2.36. The number of ether oxygens (including phenoxy) is 5. The van der Waals surface area contributed by atoms with Gasteiger partial charge in [0.05, 0.1) is 26.9 Å². The van der Waals surface area contributed by atoms with Crippen molar-refractivity contribution in [2.45, 2.75) is 0 Å². The lowest BCUT2D eigenvalue weighted by atomic mass is 10.1. The van der Waals surface area contributed by atoms with E-state index in [4.69, 9.17) is 23.7 Å². The van der Waals surface area contributed by atoms with E-state index < -0.39 is 11.9 Å². The molecule has 142 valence electrons. The van der Waals surface area contributed by atoms with Crippen LogP contribution in [0.4, 0.5) is 0 Å². The number of methoxy groups -OCH3 is 3. The molecule has 2 heterocycles. The van der Waals surface area contributed by atoms with Gasteiger partial charge in [-0.1, -0.05) is 18.2 Å². The van der Waals surface area contributed by atoms with Gasteiger partial charge in [-0.15, -0.1) is 0 Å².